The first-order valence-corrected chi connectivity index (χ1v) is 5.53. The third-order valence-corrected chi connectivity index (χ3v) is 2.33. The summed E-state index contributed by atoms with van der Waals surface area (Å²) in [6.45, 7) is 0. The highest BCUT2D eigenvalue weighted by Gasteiger charge is 2.30. The molecule has 0 radical (unpaired) electrons. The lowest BCUT2D eigenvalue weighted by Gasteiger charge is -2.06. The Hall–Kier alpha value is -2.44. The molecule has 0 saturated heterocycles. The van der Waals surface area contributed by atoms with Gasteiger partial charge in [0, 0.05) is 6.20 Å². The first kappa shape index (κ1) is 14.0. The second kappa shape index (κ2) is 5.68. The first-order chi connectivity index (χ1) is 9.45. The van der Waals surface area contributed by atoms with Gasteiger partial charge in [0.15, 0.2) is 0 Å². The van der Waals surface area contributed by atoms with E-state index in [0.29, 0.717) is 11.8 Å². The second-order valence-electron chi connectivity index (χ2n) is 3.85. The smallest absolute Gasteiger partial charge is 0.261 e. The predicted octanol–water partition coefficient (Wildman–Crippen LogP) is 3.69. The van der Waals surface area contributed by atoms with Gasteiger partial charge in [-0.1, -0.05) is 12.1 Å². The number of halogens is 4. The van der Waals surface area contributed by atoms with E-state index in [2.05, 4.69) is 15.5 Å². The number of anilines is 1. The Bertz CT molecular complexity index is 606. The van der Waals surface area contributed by atoms with Crippen LogP contribution >= 0.6 is 0 Å². The van der Waals surface area contributed by atoms with E-state index >= 15 is 0 Å². The fourth-order valence-corrected chi connectivity index (χ4v) is 1.39. The lowest BCUT2D eigenvalue weighted by atomic mass is 10.2. The number of benzene rings is 1. The second-order valence-corrected chi connectivity index (χ2v) is 3.85. The fourth-order valence-electron chi connectivity index (χ4n) is 1.39. The molecule has 0 saturated carbocycles. The SMILES string of the molecule is Fc1cccc(/C=N\Nc2ccc(C(F)(F)F)cn2)c1. The van der Waals surface area contributed by atoms with Crippen molar-refractivity contribution in [2.45, 2.75) is 6.18 Å². The summed E-state index contributed by atoms with van der Waals surface area (Å²) in [6, 6.07) is 7.77. The summed E-state index contributed by atoms with van der Waals surface area (Å²) in [5.74, 6) is -0.243. The normalized spacial score (nSPS) is 11.8. The number of alkyl halides is 3. The molecule has 0 aliphatic heterocycles. The van der Waals surface area contributed by atoms with E-state index in [1.807, 2.05) is 0 Å². The molecule has 2 rings (SSSR count). The van der Waals surface area contributed by atoms with Crippen molar-refractivity contribution in [2.24, 2.45) is 5.10 Å². The standard InChI is InChI=1S/C13H9F4N3/c14-11-3-1-2-9(6-11)7-19-20-12-5-4-10(8-18-12)13(15,16)17/h1-8H,(H,18,20)/b19-7-. The van der Waals surface area contributed by atoms with Crippen molar-refractivity contribution >= 4 is 12.0 Å². The zero-order valence-electron chi connectivity index (χ0n) is 10.0. The highest BCUT2D eigenvalue weighted by atomic mass is 19.4. The summed E-state index contributed by atoms with van der Waals surface area (Å²) < 4.78 is 49.8. The van der Waals surface area contributed by atoms with Crippen LogP contribution in [0.15, 0.2) is 47.7 Å². The van der Waals surface area contributed by atoms with Crippen LogP contribution in [0.5, 0.6) is 0 Å². The number of hydrogen-bond acceptors (Lipinski definition) is 3. The molecule has 0 bridgehead atoms. The van der Waals surface area contributed by atoms with Gasteiger partial charge < -0.3 is 0 Å². The lowest BCUT2D eigenvalue weighted by molar-refractivity contribution is -0.137. The zero-order chi connectivity index (χ0) is 14.6. The number of pyridine rings is 1. The van der Waals surface area contributed by atoms with Crippen molar-refractivity contribution in [1.29, 1.82) is 0 Å². The molecular formula is C13H9F4N3. The molecular weight excluding hydrogens is 274 g/mol. The largest absolute Gasteiger partial charge is 0.417 e. The van der Waals surface area contributed by atoms with Crippen LogP contribution in [0.4, 0.5) is 23.4 Å². The average Bonchev–Trinajstić information content (AvgIpc) is 2.38. The number of rotatable bonds is 3. The van der Waals surface area contributed by atoms with Gasteiger partial charge >= 0.3 is 6.18 Å². The highest BCUT2D eigenvalue weighted by molar-refractivity contribution is 5.79. The molecule has 1 N–H and O–H groups in total. The number of nitrogens with one attached hydrogen (secondary N) is 1. The summed E-state index contributed by atoms with van der Waals surface area (Å²) in [4.78, 5) is 3.57. The summed E-state index contributed by atoms with van der Waals surface area (Å²) in [6.07, 6.45) is -2.38. The highest BCUT2D eigenvalue weighted by Crippen LogP contribution is 2.28. The maximum absolute atomic E-state index is 12.9. The molecule has 0 amide bonds. The predicted molar refractivity (Wildman–Crippen MR) is 66.9 cm³/mol. The molecule has 0 spiro atoms. The maximum Gasteiger partial charge on any atom is 0.417 e. The molecule has 0 fully saturated rings. The van der Waals surface area contributed by atoms with E-state index in [1.165, 1.54) is 24.4 Å². The van der Waals surface area contributed by atoms with Gasteiger partial charge in [0.2, 0.25) is 0 Å². The molecule has 7 heteroatoms. The monoisotopic (exact) mass is 283 g/mol. The van der Waals surface area contributed by atoms with Gasteiger partial charge in [0.25, 0.3) is 0 Å². The molecule has 0 aliphatic carbocycles. The van der Waals surface area contributed by atoms with Crippen molar-refractivity contribution in [2.75, 3.05) is 5.43 Å². The summed E-state index contributed by atoms with van der Waals surface area (Å²) in [5, 5.41) is 3.76. The van der Waals surface area contributed by atoms with Gasteiger partial charge in [0.05, 0.1) is 11.8 Å². The van der Waals surface area contributed by atoms with Crippen molar-refractivity contribution in [3.05, 3.63) is 59.5 Å². The molecule has 1 aromatic carbocycles. The van der Waals surface area contributed by atoms with Gasteiger partial charge in [-0.15, -0.1) is 0 Å². The van der Waals surface area contributed by atoms with Crippen LogP contribution in [-0.4, -0.2) is 11.2 Å². The maximum atomic E-state index is 12.9. The van der Waals surface area contributed by atoms with Gasteiger partial charge in [-0.2, -0.15) is 18.3 Å². The number of aromatic nitrogens is 1. The minimum atomic E-state index is -4.42. The number of hydrogen-bond donors (Lipinski definition) is 1. The van der Waals surface area contributed by atoms with E-state index < -0.39 is 17.6 Å². The van der Waals surface area contributed by atoms with Gasteiger partial charge in [-0.05, 0) is 29.8 Å². The number of hydrazone groups is 1. The molecule has 1 aromatic heterocycles. The quantitative estimate of drug-likeness (QED) is 0.530. The summed E-state index contributed by atoms with van der Waals surface area (Å²) >= 11 is 0. The van der Waals surface area contributed by atoms with E-state index in [0.717, 1.165) is 12.1 Å². The van der Waals surface area contributed by atoms with Crippen molar-refractivity contribution in [3.8, 4) is 0 Å². The first-order valence-electron chi connectivity index (χ1n) is 5.53. The van der Waals surface area contributed by atoms with Gasteiger partial charge in [-0.25, -0.2) is 9.37 Å². The van der Waals surface area contributed by atoms with E-state index in [4.69, 9.17) is 0 Å². The summed E-state index contributed by atoms with van der Waals surface area (Å²) in [5.41, 5.74) is 2.14. The van der Waals surface area contributed by atoms with Crippen LogP contribution in [0.25, 0.3) is 0 Å². The van der Waals surface area contributed by atoms with Crippen molar-refractivity contribution in [1.82, 2.24) is 4.98 Å². The Morgan fingerprint density at radius 1 is 1.15 bits per heavy atom. The van der Waals surface area contributed by atoms with Crippen LogP contribution in [0.2, 0.25) is 0 Å². The molecule has 20 heavy (non-hydrogen) atoms. The van der Waals surface area contributed by atoms with E-state index in [-0.39, 0.29) is 5.82 Å². The summed E-state index contributed by atoms with van der Waals surface area (Å²) in [7, 11) is 0. The van der Waals surface area contributed by atoms with Crippen molar-refractivity contribution < 1.29 is 17.6 Å². The molecule has 0 atom stereocenters. The Morgan fingerprint density at radius 2 is 1.95 bits per heavy atom. The Morgan fingerprint density at radius 3 is 2.55 bits per heavy atom. The van der Waals surface area contributed by atoms with Crippen LogP contribution in [0, 0.1) is 5.82 Å². The van der Waals surface area contributed by atoms with Gasteiger partial charge in [-0.3, -0.25) is 5.43 Å². The lowest BCUT2D eigenvalue weighted by Crippen LogP contribution is -2.05. The third-order valence-electron chi connectivity index (χ3n) is 2.33. The topological polar surface area (TPSA) is 37.3 Å². The van der Waals surface area contributed by atoms with Crippen molar-refractivity contribution in [3.63, 3.8) is 0 Å². The molecule has 0 unspecified atom stereocenters. The molecule has 0 aliphatic rings. The minimum Gasteiger partial charge on any atom is -0.261 e. The van der Waals surface area contributed by atoms with Gasteiger partial charge in [0.1, 0.15) is 11.6 Å². The van der Waals surface area contributed by atoms with Crippen LogP contribution in [0.3, 0.4) is 0 Å². The average molecular weight is 283 g/mol. The zero-order valence-corrected chi connectivity index (χ0v) is 10.0. The molecule has 3 nitrogen and oxygen atoms in total. The Labute approximate surface area is 112 Å². The van der Waals surface area contributed by atoms with Crippen LogP contribution < -0.4 is 5.43 Å². The van der Waals surface area contributed by atoms with E-state index in [9.17, 15) is 17.6 Å². The Balaban J connectivity index is 2.01. The third kappa shape index (κ3) is 3.78. The minimum absolute atomic E-state index is 0.158. The Kier molecular flexibility index (Phi) is 3.97. The van der Waals surface area contributed by atoms with Crippen LogP contribution in [-0.2, 0) is 6.18 Å². The van der Waals surface area contributed by atoms with Crippen LogP contribution in [0.1, 0.15) is 11.1 Å². The number of nitrogens with zero attached hydrogens (tertiary/aromatic N) is 2. The molecule has 1 heterocycles. The van der Waals surface area contributed by atoms with E-state index in [1.54, 1.807) is 6.07 Å². The molecule has 104 valence electrons. The molecule has 2 aromatic rings. The fraction of sp³-hybridized carbons (Fsp3) is 0.0769.